The molecule has 1 saturated carbocycles. The number of imide groups is 1. The van der Waals surface area contributed by atoms with E-state index in [-0.39, 0.29) is 35.9 Å². The first kappa shape index (κ1) is 20.8. The molecule has 2 aliphatic rings. The third kappa shape index (κ3) is 4.93. The van der Waals surface area contributed by atoms with Crippen LogP contribution in [-0.4, -0.2) is 41.1 Å². The quantitative estimate of drug-likeness (QED) is 0.734. The highest BCUT2D eigenvalue weighted by Gasteiger charge is 2.39. The largest absolute Gasteiger partial charge is 0.444 e. The molecule has 1 aromatic carbocycles. The van der Waals surface area contributed by atoms with Crippen molar-refractivity contribution in [2.45, 2.75) is 52.1 Å². The molecule has 1 heterocycles. The number of fused-ring (bicyclic) bond motifs is 1. The first-order valence-electron chi connectivity index (χ1n) is 9.81. The zero-order valence-corrected chi connectivity index (χ0v) is 16.9. The fourth-order valence-corrected chi connectivity index (χ4v) is 3.45. The lowest BCUT2D eigenvalue weighted by Crippen LogP contribution is -2.40. The molecule has 29 heavy (non-hydrogen) atoms. The predicted molar refractivity (Wildman–Crippen MR) is 103 cm³/mol. The molecule has 1 unspecified atom stereocenters. The first-order chi connectivity index (χ1) is 13.7. The van der Waals surface area contributed by atoms with Gasteiger partial charge in [0.25, 0.3) is 11.8 Å². The normalized spacial score (nSPS) is 17.4. The van der Waals surface area contributed by atoms with Gasteiger partial charge in [-0.1, -0.05) is 36.5 Å². The molecule has 1 atom stereocenters. The Morgan fingerprint density at radius 1 is 1.14 bits per heavy atom. The maximum Gasteiger partial charge on any atom is 0.407 e. The lowest BCUT2D eigenvalue weighted by Gasteiger charge is -2.33. The van der Waals surface area contributed by atoms with Gasteiger partial charge in [0, 0.05) is 6.54 Å². The van der Waals surface area contributed by atoms with E-state index >= 15 is 0 Å². The van der Waals surface area contributed by atoms with Crippen molar-refractivity contribution >= 4 is 23.9 Å². The number of rotatable bonds is 6. The second-order valence-corrected chi connectivity index (χ2v) is 8.45. The second kappa shape index (κ2) is 8.23. The van der Waals surface area contributed by atoms with Crippen LogP contribution < -0.4 is 5.32 Å². The molecule has 1 aliphatic carbocycles. The molecule has 8 heteroatoms. The Kier molecular flexibility index (Phi) is 5.91. The van der Waals surface area contributed by atoms with Crippen molar-refractivity contribution in [1.29, 1.82) is 0 Å². The molecular formula is C21H26N2O6. The monoisotopic (exact) mass is 402 g/mol. The van der Waals surface area contributed by atoms with Crippen LogP contribution in [0.5, 0.6) is 0 Å². The van der Waals surface area contributed by atoms with Crippen LogP contribution in [0, 0.1) is 11.8 Å². The maximum atomic E-state index is 12.5. The highest BCUT2D eigenvalue weighted by Crippen LogP contribution is 2.35. The Hall–Kier alpha value is -2.90. The topological polar surface area (TPSA) is 102 Å². The van der Waals surface area contributed by atoms with Gasteiger partial charge in [-0.3, -0.25) is 9.59 Å². The molecule has 1 aliphatic heterocycles. The smallest absolute Gasteiger partial charge is 0.407 e. The van der Waals surface area contributed by atoms with Crippen LogP contribution in [0.25, 0.3) is 0 Å². The number of alkyl carbamates (subject to hydrolysis) is 1. The molecule has 0 spiro atoms. The van der Waals surface area contributed by atoms with Gasteiger partial charge in [-0.15, -0.1) is 0 Å². The number of hydrogen-bond acceptors (Lipinski definition) is 6. The molecule has 0 radical (unpaired) electrons. The van der Waals surface area contributed by atoms with Crippen LogP contribution in [-0.2, 0) is 14.4 Å². The van der Waals surface area contributed by atoms with Crippen LogP contribution in [0.1, 0.15) is 67.2 Å². The van der Waals surface area contributed by atoms with Gasteiger partial charge in [0.15, 0.2) is 0 Å². The first-order valence-corrected chi connectivity index (χ1v) is 9.81. The molecule has 0 bridgehead atoms. The Morgan fingerprint density at radius 3 is 2.21 bits per heavy atom. The number of hydrogen-bond donors (Lipinski definition) is 1. The zero-order valence-electron chi connectivity index (χ0n) is 16.9. The van der Waals surface area contributed by atoms with Gasteiger partial charge in [0.05, 0.1) is 17.5 Å². The molecule has 3 rings (SSSR count). The standard InChI is InChI=1S/C21H26N2O6/c1-21(2,3)28-20(27)22-12-14(13-7-6-8-13)11-17(24)29-23-18(25)15-9-4-5-10-16(15)19(23)26/h4-5,9-10,13-14H,6-8,11-12H2,1-3H3,(H,22,27). The molecule has 1 N–H and O–H groups in total. The molecule has 1 aromatic rings. The van der Waals surface area contributed by atoms with E-state index in [0.29, 0.717) is 5.06 Å². The minimum atomic E-state index is -0.678. The van der Waals surface area contributed by atoms with Gasteiger partial charge in [-0.25, -0.2) is 9.59 Å². The number of hydroxylamine groups is 2. The Bertz CT molecular complexity index is 790. The molecule has 0 aromatic heterocycles. The highest BCUT2D eigenvalue weighted by atomic mass is 16.7. The van der Waals surface area contributed by atoms with E-state index in [2.05, 4.69) is 5.32 Å². The van der Waals surface area contributed by atoms with Crippen LogP contribution in [0.3, 0.4) is 0 Å². The van der Waals surface area contributed by atoms with E-state index in [9.17, 15) is 19.2 Å². The van der Waals surface area contributed by atoms with Gasteiger partial charge >= 0.3 is 12.1 Å². The number of carbonyl (C=O) groups excluding carboxylic acids is 4. The lowest BCUT2D eigenvalue weighted by atomic mass is 9.74. The summed E-state index contributed by atoms with van der Waals surface area (Å²) >= 11 is 0. The van der Waals surface area contributed by atoms with E-state index in [0.717, 1.165) is 19.3 Å². The zero-order chi connectivity index (χ0) is 21.2. The van der Waals surface area contributed by atoms with Crippen LogP contribution in [0.2, 0.25) is 0 Å². The average molecular weight is 402 g/mol. The fourth-order valence-electron chi connectivity index (χ4n) is 3.45. The minimum Gasteiger partial charge on any atom is -0.444 e. The van der Waals surface area contributed by atoms with Gasteiger partial charge in [0.1, 0.15) is 5.60 Å². The van der Waals surface area contributed by atoms with Gasteiger partial charge in [-0.05, 0) is 44.7 Å². The molecule has 156 valence electrons. The van der Waals surface area contributed by atoms with Gasteiger partial charge < -0.3 is 14.9 Å². The Balaban J connectivity index is 1.57. The number of nitrogens with zero attached hydrogens (tertiary/aromatic N) is 1. The minimum absolute atomic E-state index is 0.00608. The summed E-state index contributed by atoms with van der Waals surface area (Å²) in [6, 6.07) is 6.32. The fraction of sp³-hybridized carbons (Fsp3) is 0.524. The van der Waals surface area contributed by atoms with E-state index in [1.54, 1.807) is 32.9 Å². The third-order valence-corrected chi connectivity index (χ3v) is 5.10. The van der Waals surface area contributed by atoms with E-state index < -0.39 is 29.5 Å². The molecule has 8 nitrogen and oxygen atoms in total. The highest BCUT2D eigenvalue weighted by molar-refractivity contribution is 6.20. The van der Waals surface area contributed by atoms with Crippen molar-refractivity contribution in [2.24, 2.45) is 11.8 Å². The molecule has 3 amide bonds. The van der Waals surface area contributed by atoms with Crippen LogP contribution in [0.4, 0.5) is 4.79 Å². The van der Waals surface area contributed by atoms with E-state index in [4.69, 9.17) is 9.57 Å². The summed E-state index contributed by atoms with van der Waals surface area (Å²) in [6.45, 7) is 5.58. The number of benzene rings is 1. The number of amides is 3. The van der Waals surface area contributed by atoms with Crippen molar-refractivity contribution in [3.05, 3.63) is 35.4 Å². The summed E-state index contributed by atoms with van der Waals surface area (Å²) in [6.07, 6.45) is 2.44. The van der Waals surface area contributed by atoms with Crippen LogP contribution >= 0.6 is 0 Å². The summed E-state index contributed by atoms with van der Waals surface area (Å²) in [7, 11) is 0. The number of carbonyl (C=O) groups is 4. The summed E-state index contributed by atoms with van der Waals surface area (Å²) < 4.78 is 5.23. The Labute approximate surface area is 169 Å². The number of nitrogens with one attached hydrogen (secondary N) is 1. The summed E-state index contributed by atoms with van der Waals surface area (Å²) in [5, 5.41) is 3.22. The maximum absolute atomic E-state index is 12.5. The molecular weight excluding hydrogens is 376 g/mol. The summed E-state index contributed by atoms with van der Waals surface area (Å²) in [4.78, 5) is 54.1. The second-order valence-electron chi connectivity index (χ2n) is 8.45. The van der Waals surface area contributed by atoms with E-state index in [1.807, 2.05) is 0 Å². The van der Waals surface area contributed by atoms with Crippen molar-refractivity contribution < 1.29 is 28.8 Å². The average Bonchev–Trinajstić information content (AvgIpc) is 2.82. The number of ether oxygens (including phenoxy) is 1. The summed E-state index contributed by atoms with van der Waals surface area (Å²) in [5.74, 6) is -1.85. The van der Waals surface area contributed by atoms with Gasteiger partial charge in [0.2, 0.25) is 0 Å². The molecule has 0 saturated heterocycles. The van der Waals surface area contributed by atoms with Crippen molar-refractivity contribution in [2.75, 3.05) is 6.54 Å². The van der Waals surface area contributed by atoms with Crippen molar-refractivity contribution in [3.8, 4) is 0 Å². The predicted octanol–water partition coefficient (Wildman–Crippen LogP) is 3.07. The van der Waals surface area contributed by atoms with Gasteiger partial charge in [-0.2, -0.15) is 0 Å². The molecule has 1 fully saturated rings. The summed E-state index contributed by atoms with van der Waals surface area (Å²) in [5.41, 5.74) is -0.180. The Morgan fingerprint density at radius 2 is 1.72 bits per heavy atom. The van der Waals surface area contributed by atoms with Crippen LogP contribution in [0.15, 0.2) is 24.3 Å². The van der Waals surface area contributed by atoms with E-state index in [1.165, 1.54) is 12.1 Å². The van der Waals surface area contributed by atoms with Crippen molar-refractivity contribution in [1.82, 2.24) is 10.4 Å². The SMILES string of the molecule is CC(C)(C)OC(=O)NCC(CC(=O)ON1C(=O)c2ccccc2C1=O)C1CCC1. The third-order valence-electron chi connectivity index (χ3n) is 5.10. The lowest BCUT2D eigenvalue weighted by molar-refractivity contribution is -0.170. The van der Waals surface area contributed by atoms with Crippen molar-refractivity contribution in [3.63, 3.8) is 0 Å².